The molecule has 2 rings (SSSR count). The second-order valence-electron chi connectivity index (χ2n) is 6.26. The first kappa shape index (κ1) is 16.4. The van der Waals surface area contributed by atoms with E-state index in [0.29, 0.717) is 26.2 Å². The van der Waals surface area contributed by atoms with Crippen molar-refractivity contribution >= 4 is 6.09 Å². The summed E-state index contributed by atoms with van der Waals surface area (Å²) in [7, 11) is 0. The van der Waals surface area contributed by atoms with Crippen LogP contribution in [0, 0.1) is 0 Å². The van der Waals surface area contributed by atoms with Gasteiger partial charge in [-0.25, -0.2) is 4.79 Å². The lowest BCUT2D eigenvalue weighted by Crippen LogP contribution is -2.44. The number of nitrogens with one attached hydrogen (secondary N) is 1. The number of ether oxygens (including phenoxy) is 3. The highest BCUT2D eigenvalue weighted by Crippen LogP contribution is 2.31. The molecule has 0 saturated heterocycles. The third-order valence-corrected chi connectivity index (χ3v) is 3.09. The Bertz CT molecular complexity index is 525. The van der Waals surface area contributed by atoms with Crippen molar-refractivity contribution in [3.05, 3.63) is 23.8 Å². The van der Waals surface area contributed by atoms with E-state index < -0.39 is 11.7 Å². The number of rotatable bonds is 4. The van der Waals surface area contributed by atoms with Gasteiger partial charge >= 0.3 is 6.09 Å². The van der Waals surface area contributed by atoms with Crippen molar-refractivity contribution in [3.8, 4) is 11.5 Å². The maximum absolute atomic E-state index is 11.8. The molecule has 3 N–H and O–H groups in total. The van der Waals surface area contributed by atoms with Crippen LogP contribution in [-0.4, -0.2) is 37.5 Å². The Morgan fingerprint density at radius 2 is 2.00 bits per heavy atom. The molecule has 1 aromatic carbocycles. The van der Waals surface area contributed by atoms with Gasteiger partial charge in [-0.05, 0) is 44.9 Å². The lowest BCUT2D eigenvalue weighted by atomic mass is 10.1. The van der Waals surface area contributed by atoms with Crippen molar-refractivity contribution in [1.29, 1.82) is 0 Å². The van der Waals surface area contributed by atoms with E-state index in [1.54, 1.807) is 0 Å². The highest BCUT2D eigenvalue weighted by molar-refractivity contribution is 5.68. The van der Waals surface area contributed by atoms with Crippen LogP contribution in [0.5, 0.6) is 11.5 Å². The van der Waals surface area contributed by atoms with E-state index in [0.717, 1.165) is 17.1 Å². The van der Waals surface area contributed by atoms with Gasteiger partial charge in [-0.2, -0.15) is 0 Å². The molecule has 0 bridgehead atoms. The van der Waals surface area contributed by atoms with Crippen molar-refractivity contribution in [2.24, 2.45) is 5.73 Å². The Balaban J connectivity index is 1.96. The molecule has 0 saturated carbocycles. The van der Waals surface area contributed by atoms with Crippen molar-refractivity contribution in [3.63, 3.8) is 0 Å². The second-order valence-corrected chi connectivity index (χ2v) is 6.26. The van der Waals surface area contributed by atoms with Gasteiger partial charge in [0, 0.05) is 12.6 Å². The van der Waals surface area contributed by atoms with Gasteiger partial charge in [-0.3, -0.25) is 0 Å². The minimum atomic E-state index is -0.528. The summed E-state index contributed by atoms with van der Waals surface area (Å²) in [6, 6.07) is 5.56. The smallest absolute Gasteiger partial charge is 0.407 e. The molecule has 1 atom stereocenters. The van der Waals surface area contributed by atoms with Crippen LogP contribution < -0.4 is 20.5 Å². The highest BCUT2D eigenvalue weighted by atomic mass is 16.6. The van der Waals surface area contributed by atoms with E-state index in [1.807, 2.05) is 39.0 Å². The molecule has 0 fully saturated rings. The van der Waals surface area contributed by atoms with Gasteiger partial charge in [0.25, 0.3) is 0 Å². The minimum Gasteiger partial charge on any atom is -0.486 e. The fourth-order valence-corrected chi connectivity index (χ4v) is 2.17. The summed E-state index contributed by atoms with van der Waals surface area (Å²) in [6.45, 7) is 6.92. The zero-order valence-corrected chi connectivity index (χ0v) is 13.3. The summed E-state index contributed by atoms with van der Waals surface area (Å²) < 4.78 is 16.3. The second kappa shape index (κ2) is 6.87. The van der Waals surface area contributed by atoms with Crippen molar-refractivity contribution in [2.45, 2.75) is 38.8 Å². The molecule has 0 radical (unpaired) electrons. The fraction of sp³-hybridized carbons (Fsp3) is 0.562. The third-order valence-electron chi connectivity index (χ3n) is 3.09. The molecule has 1 unspecified atom stereocenters. The fourth-order valence-electron chi connectivity index (χ4n) is 2.17. The van der Waals surface area contributed by atoms with E-state index in [2.05, 4.69) is 5.32 Å². The van der Waals surface area contributed by atoms with Crippen LogP contribution in [-0.2, 0) is 11.2 Å². The lowest BCUT2D eigenvalue weighted by Gasteiger charge is -2.23. The topological polar surface area (TPSA) is 82.8 Å². The van der Waals surface area contributed by atoms with E-state index in [-0.39, 0.29) is 6.04 Å². The first-order valence-electron chi connectivity index (χ1n) is 7.45. The summed E-state index contributed by atoms with van der Waals surface area (Å²) in [5, 5.41) is 2.79. The van der Waals surface area contributed by atoms with Crippen LogP contribution in [0.25, 0.3) is 0 Å². The predicted octanol–water partition coefficient (Wildman–Crippen LogP) is 1.85. The normalized spacial score (nSPS) is 15.1. The van der Waals surface area contributed by atoms with E-state index in [1.165, 1.54) is 0 Å². The van der Waals surface area contributed by atoms with Gasteiger partial charge in [-0.15, -0.1) is 0 Å². The first-order valence-corrected chi connectivity index (χ1v) is 7.45. The Hall–Kier alpha value is -1.95. The summed E-state index contributed by atoms with van der Waals surface area (Å²) >= 11 is 0. The molecule has 1 aliphatic heterocycles. The average Bonchev–Trinajstić information content (AvgIpc) is 2.44. The monoisotopic (exact) mass is 308 g/mol. The molecule has 1 amide bonds. The van der Waals surface area contributed by atoms with Gasteiger partial charge in [0.1, 0.15) is 18.8 Å². The first-order chi connectivity index (χ1) is 10.4. The van der Waals surface area contributed by atoms with Crippen LogP contribution in [0.1, 0.15) is 26.3 Å². The number of carbonyl (C=O) groups excluding carboxylic acids is 1. The van der Waals surface area contributed by atoms with Gasteiger partial charge in [-0.1, -0.05) is 6.07 Å². The van der Waals surface area contributed by atoms with Gasteiger partial charge < -0.3 is 25.3 Å². The third kappa shape index (κ3) is 4.80. The number of fused-ring (bicyclic) bond motifs is 1. The van der Waals surface area contributed by atoms with E-state index >= 15 is 0 Å². The van der Waals surface area contributed by atoms with Crippen molar-refractivity contribution < 1.29 is 19.0 Å². The summed E-state index contributed by atoms with van der Waals surface area (Å²) in [5.41, 5.74) is 6.24. The number of alkyl carbamates (subject to hydrolysis) is 1. The molecular weight excluding hydrogens is 284 g/mol. The SMILES string of the molecule is CC(C)(C)OC(=O)NC(CN)Cc1ccc2c(c1)OCCO2. The quantitative estimate of drug-likeness (QED) is 0.887. The van der Waals surface area contributed by atoms with Crippen molar-refractivity contribution in [2.75, 3.05) is 19.8 Å². The lowest BCUT2D eigenvalue weighted by molar-refractivity contribution is 0.0506. The Labute approximate surface area is 130 Å². The van der Waals surface area contributed by atoms with E-state index in [9.17, 15) is 4.79 Å². The Morgan fingerprint density at radius 3 is 2.64 bits per heavy atom. The molecule has 1 aliphatic rings. The number of amides is 1. The molecule has 0 aliphatic carbocycles. The Morgan fingerprint density at radius 1 is 1.32 bits per heavy atom. The standard InChI is InChI=1S/C16H24N2O4/c1-16(2,3)22-15(19)18-12(10-17)8-11-4-5-13-14(9-11)21-7-6-20-13/h4-5,9,12H,6-8,10,17H2,1-3H3,(H,18,19). The summed E-state index contributed by atoms with van der Waals surface area (Å²) in [5.74, 6) is 1.48. The zero-order valence-electron chi connectivity index (χ0n) is 13.3. The van der Waals surface area contributed by atoms with Crippen molar-refractivity contribution in [1.82, 2.24) is 5.32 Å². The molecule has 0 spiro atoms. The largest absolute Gasteiger partial charge is 0.486 e. The molecule has 1 aromatic rings. The molecular formula is C16H24N2O4. The molecule has 6 heteroatoms. The van der Waals surface area contributed by atoms with Gasteiger partial charge in [0.15, 0.2) is 11.5 Å². The number of benzene rings is 1. The summed E-state index contributed by atoms with van der Waals surface area (Å²) in [4.78, 5) is 11.8. The summed E-state index contributed by atoms with van der Waals surface area (Å²) in [6.07, 6.45) is 0.146. The minimum absolute atomic E-state index is 0.197. The van der Waals surface area contributed by atoms with Crippen LogP contribution in [0.2, 0.25) is 0 Å². The number of carbonyl (C=O) groups is 1. The molecule has 22 heavy (non-hydrogen) atoms. The maximum atomic E-state index is 11.8. The van der Waals surface area contributed by atoms with Crippen LogP contribution in [0.4, 0.5) is 4.79 Å². The molecule has 6 nitrogen and oxygen atoms in total. The highest BCUT2D eigenvalue weighted by Gasteiger charge is 2.20. The average molecular weight is 308 g/mol. The van der Waals surface area contributed by atoms with Crippen LogP contribution in [0.3, 0.4) is 0 Å². The molecule has 122 valence electrons. The number of hydrogen-bond acceptors (Lipinski definition) is 5. The van der Waals surface area contributed by atoms with Crippen LogP contribution >= 0.6 is 0 Å². The Kier molecular flexibility index (Phi) is 5.13. The number of hydrogen-bond donors (Lipinski definition) is 2. The maximum Gasteiger partial charge on any atom is 0.407 e. The molecule has 1 heterocycles. The van der Waals surface area contributed by atoms with E-state index in [4.69, 9.17) is 19.9 Å². The van der Waals surface area contributed by atoms with Gasteiger partial charge in [0.2, 0.25) is 0 Å². The number of nitrogens with two attached hydrogens (primary N) is 1. The predicted molar refractivity (Wildman–Crippen MR) is 83.3 cm³/mol. The molecule has 0 aromatic heterocycles. The zero-order chi connectivity index (χ0) is 16.2. The van der Waals surface area contributed by atoms with Gasteiger partial charge in [0.05, 0.1) is 0 Å². The van der Waals surface area contributed by atoms with Crippen LogP contribution in [0.15, 0.2) is 18.2 Å².